The molecular formula is C20H27LiO4. The van der Waals surface area contributed by atoms with Crippen LogP contribution in [0.15, 0.2) is 24.3 Å². The van der Waals surface area contributed by atoms with Crippen LogP contribution in [0.1, 0.15) is 84.9 Å². The number of ether oxygens (including phenoxy) is 2. The van der Waals surface area contributed by atoms with Gasteiger partial charge < -0.3 is 9.47 Å². The third-order valence-corrected chi connectivity index (χ3v) is 5.01. The molecule has 5 heteroatoms. The fourth-order valence-corrected chi connectivity index (χ4v) is 3.55. The van der Waals surface area contributed by atoms with Crippen LogP contribution in [-0.4, -0.2) is 43.0 Å². The van der Waals surface area contributed by atoms with Gasteiger partial charge in [0.1, 0.15) is 12.2 Å². The zero-order valence-electron chi connectivity index (χ0n) is 14.2. The van der Waals surface area contributed by atoms with Gasteiger partial charge in [0.15, 0.2) is 0 Å². The number of esters is 2. The van der Waals surface area contributed by atoms with E-state index >= 15 is 0 Å². The van der Waals surface area contributed by atoms with Gasteiger partial charge in [-0.15, -0.1) is 0 Å². The summed E-state index contributed by atoms with van der Waals surface area (Å²) in [5, 5.41) is 0. The van der Waals surface area contributed by atoms with Crippen LogP contribution in [-0.2, 0) is 9.47 Å². The van der Waals surface area contributed by atoms with Gasteiger partial charge in [0.25, 0.3) is 0 Å². The summed E-state index contributed by atoms with van der Waals surface area (Å²) in [6, 6.07) is 6.62. The van der Waals surface area contributed by atoms with Gasteiger partial charge in [-0.3, -0.25) is 0 Å². The number of hydrogen-bond acceptors (Lipinski definition) is 4. The Morgan fingerprint density at radius 3 is 1.28 bits per heavy atom. The van der Waals surface area contributed by atoms with Gasteiger partial charge >= 0.3 is 30.8 Å². The summed E-state index contributed by atoms with van der Waals surface area (Å²) in [6.45, 7) is 0. The molecule has 0 radical (unpaired) electrons. The van der Waals surface area contributed by atoms with E-state index in [2.05, 4.69) is 0 Å². The molecule has 0 spiro atoms. The third-order valence-electron chi connectivity index (χ3n) is 5.01. The quantitative estimate of drug-likeness (QED) is 0.615. The minimum absolute atomic E-state index is 0. The monoisotopic (exact) mass is 338 g/mol. The molecule has 1 aromatic carbocycles. The van der Waals surface area contributed by atoms with Gasteiger partial charge in [0.2, 0.25) is 0 Å². The van der Waals surface area contributed by atoms with E-state index in [4.69, 9.17) is 9.47 Å². The van der Waals surface area contributed by atoms with Crippen molar-refractivity contribution in [2.24, 2.45) is 0 Å². The molecule has 0 aliphatic heterocycles. The summed E-state index contributed by atoms with van der Waals surface area (Å²) >= 11 is 0. The van der Waals surface area contributed by atoms with Crippen LogP contribution >= 0.6 is 0 Å². The maximum atomic E-state index is 12.2. The summed E-state index contributed by atoms with van der Waals surface area (Å²) in [7, 11) is 0. The van der Waals surface area contributed by atoms with Crippen molar-refractivity contribution >= 4 is 30.8 Å². The summed E-state index contributed by atoms with van der Waals surface area (Å²) < 4.78 is 11.1. The molecule has 3 rings (SSSR count). The van der Waals surface area contributed by atoms with E-state index in [-0.39, 0.29) is 43.0 Å². The van der Waals surface area contributed by atoms with Crippen molar-refractivity contribution in [3.8, 4) is 0 Å². The first-order valence-corrected chi connectivity index (χ1v) is 9.24. The molecule has 0 atom stereocenters. The van der Waals surface area contributed by atoms with Gasteiger partial charge in [0, 0.05) is 0 Å². The molecule has 2 fully saturated rings. The number of carbonyl (C=O) groups is 2. The fourth-order valence-electron chi connectivity index (χ4n) is 3.55. The van der Waals surface area contributed by atoms with E-state index in [0.29, 0.717) is 11.1 Å². The number of rotatable bonds is 4. The van der Waals surface area contributed by atoms with Crippen molar-refractivity contribution in [1.82, 2.24) is 0 Å². The molecule has 2 aliphatic rings. The standard InChI is InChI=1S/C20H26O4.Li.H/c21-19(23-17-7-3-1-4-8-17)15-11-13-16(14-12-15)20(22)24-18-9-5-2-6-10-18;;/h11-14,17-18H,1-10H2;;. The second kappa shape index (κ2) is 10.0. The van der Waals surface area contributed by atoms with E-state index in [0.717, 1.165) is 51.4 Å². The van der Waals surface area contributed by atoms with Gasteiger partial charge in [-0.2, -0.15) is 0 Å². The number of hydrogen-bond donors (Lipinski definition) is 0. The molecule has 2 aliphatic carbocycles. The predicted molar refractivity (Wildman–Crippen MR) is 98.2 cm³/mol. The second-order valence-corrected chi connectivity index (χ2v) is 6.91. The first-order chi connectivity index (χ1) is 11.7. The van der Waals surface area contributed by atoms with Crippen molar-refractivity contribution in [2.75, 3.05) is 0 Å². The third kappa shape index (κ3) is 5.90. The van der Waals surface area contributed by atoms with Gasteiger partial charge in [-0.25, -0.2) is 9.59 Å². The summed E-state index contributed by atoms with van der Waals surface area (Å²) in [5.41, 5.74) is 0.990. The van der Waals surface area contributed by atoms with Crippen molar-refractivity contribution in [3.05, 3.63) is 35.4 Å². The molecule has 25 heavy (non-hydrogen) atoms. The van der Waals surface area contributed by atoms with Crippen LogP contribution in [0.4, 0.5) is 0 Å². The van der Waals surface area contributed by atoms with Crippen LogP contribution in [0.3, 0.4) is 0 Å². The summed E-state index contributed by atoms with van der Waals surface area (Å²) in [5.74, 6) is -0.594. The number of carbonyl (C=O) groups excluding carboxylic acids is 2. The zero-order valence-corrected chi connectivity index (χ0v) is 14.2. The Morgan fingerprint density at radius 2 is 0.960 bits per heavy atom. The molecule has 0 heterocycles. The fraction of sp³-hybridized carbons (Fsp3) is 0.600. The summed E-state index contributed by atoms with van der Waals surface area (Å²) in [6.07, 6.45) is 10.9. The molecule has 1 aromatic rings. The molecule has 0 unspecified atom stereocenters. The van der Waals surface area contributed by atoms with Crippen LogP contribution in [0, 0.1) is 0 Å². The Hall–Kier alpha value is -1.24. The Bertz CT molecular complexity index is 507. The van der Waals surface area contributed by atoms with Crippen molar-refractivity contribution in [2.45, 2.75) is 76.4 Å². The first kappa shape index (κ1) is 20.1. The van der Waals surface area contributed by atoms with E-state index in [1.54, 1.807) is 24.3 Å². The molecule has 0 bridgehead atoms. The Balaban J connectivity index is 0.00000225. The van der Waals surface area contributed by atoms with E-state index in [9.17, 15) is 9.59 Å². The number of benzene rings is 1. The van der Waals surface area contributed by atoms with Crippen LogP contribution in [0.5, 0.6) is 0 Å². The Kier molecular flexibility index (Phi) is 8.06. The van der Waals surface area contributed by atoms with Gasteiger partial charge in [0.05, 0.1) is 11.1 Å². The first-order valence-electron chi connectivity index (χ1n) is 9.24. The molecule has 4 nitrogen and oxygen atoms in total. The maximum absolute atomic E-state index is 12.2. The molecule has 0 saturated heterocycles. The molecular weight excluding hydrogens is 311 g/mol. The normalized spacial score (nSPS) is 18.9. The van der Waals surface area contributed by atoms with Crippen molar-refractivity contribution < 1.29 is 19.1 Å². The van der Waals surface area contributed by atoms with Crippen LogP contribution in [0.2, 0.25) is 0 Å². The zero-order chi connectivity index (χ0) is 16.8. The topological polar surface area (TPSA) is 52.6 Å². The Labute approximate surface area is 161 Å². The molecule has 2 saturated carbocycles. The molecule has 0 N–H and O–H groups in total. The van der Waals surface area contributed by atoms with E-state index in [1.807, 2.05) is 0 Å². The van der Waals surface area contributed by atoms with Crippen LogP contribution in [0.25, 0.3) is 0 Å². The van der Waals surface area contributed by atoms with Gasteiger partial charge in [-0.1, -0.05) is 12.8 Å². The van der Waals surface area contributed by atoms with Crippen molar-refractivity contribution in [1.29, 1.82) is 0 Å². The predicted octanol–water partition coefficient (Wildman–Crippen LogP) is 4.02. The van der Waals surface area contributed by atoms with Crippen molar-refractivity contribution in [3.63, 3.8) is 0 Å². The summed E-state index contributed by atoms with van der Waals surface area (Å²) in [4.78, 5) is 24.3. The minimum atomic E-state index is -0.297. The SMILES string of the molecule is O=C(OC1CCCCC1)c1ccc(C(=O)OC2CCCCC2)cc1.[LiH]. The molecule has 0 amide bonds. The van der Waals surface area contributed by atoms with Gasteiger partial charge in [-0.05, 0) is 75.6 Å². The average Bonchev–Trinajstić information content (AvgIpc) is 2.63. The second-order valence-electron chi connectivity index (χ2n) is 6.91. The van der Waals surface area contributed by atoms with E-state index in [1.165, 1.54) is 12.8 Å². The Morgan fingerprint density at radius 1 is 0.640 bits per heavy atom. The molecule has 0 aromatic heterocycles. The van der Waals surface area contributed by atoms with E-state index < -0.39 is 0 Å². The molecule has 132 valence electrons. The average molecular weight is 338 g/mol. The van der Waals surface area contributed by atoms with Crippen LogP contribution < -0.4 is 0 Å².